The minimum absolute atomic E-state index is 0.108. The van der Waals surface area contributed by atoms with Crippen LogP contribution >= 0.6 is 0 Å². The van der Waals surface area contributed by atoms with Gasteiger partial charge in [-0.05, 0) is 31.9 Å². The third kappa shape index (κ3) is 2.68. The van der Waals surface area contributed by atoms with Crippen LogP contribution in [0.1, 0.15) is 30.4 Å². The molecule has 1 aliphatic rings. The zero-order valence-electron chi connectivity index (χ0n) is 13.7. The molecule has 1 aromatic carbocycles. The monoisotopic (exact) mass is 324 g/mol. The third-order valence-corrected chi connectivity index (χ3v) is 4.78. The van der Waals surface area contributed by atoms with Crippen LogP contribution in [0.15, 0.2) is 41.2 Å². The van der Waals surface area contributed by atoms with E-state index in [1.54, 1.807) is 0 Å². The number of rotatable bonds is 3. The normalized spacial score (nSPS) is 18.2. The summed E-state index contributed by atoms with van der Waals surface area (Å²) in [5, 5.41) is 5.00. The fourth-order valence-electron chi connectivity index (χ4n) is 3.50. The number of carbonyl (C=O) groups is 1. The van der Waals surface area contributed by atoms with Crippen molar-refractivity contribution >= 4 is 16.9 Å². The molecule has 1 fully saturated rings. The quantitative estimate of drug-likeness (QED) is 0.743. The van der Waals surface area contributed by atoms with Gasteiger partial charge in [-0.15, -0.1) is 0 Å². The lowest BCUT2D eigenvalue weighted by molar-refractivity contribution is -0.132. The van der Waals surface area contributed by atoms with E-state index in [4.69, 9.17) is 4.52 Å². The molecule has 1 saturated heterocycles. The number of amides is 1. The van der Waals surface area contributed by atoms with Crippen molar-refractivity contribution in [3.63, 3.8) is 0 Å². The summed E-state index contributed by atoms with van der Waals surface area (Å²) in [5.74, 6) is 1.10. The molecule has 0 aliphatic carbocycles. The molecule has 0 bridgehead atoms. The molecule has 0 N–H and O–H groups in total. The second-order valence-corrected chi connectivity index (χ2v) is 6.32. The molecule has 6 heteroatoms. The number of aryl methyl sites for hydroxylation is 1. The van der Waals surface area contributed by atoms with E-state index in [-0.39, 0.29) is 12.3 Å². The lowest BCUT2D eigenvalue weighted by atomic mass is 10.0. The van der Waals surface area contributed by atoms with Gasteiger partial charge in [-0.1, -0.05) is 17.3 Å². The van der Waals surface area contributed by atoms with Crippen LogP contribution < -0.4 is 0 Å². The summed E-state index contributed by atoms with van der Waals surface area (Å²) < 4.78 is 7.47. The number of fused-ring (bicyclic) bond motifs is 1. The van der Waals surface area contributed by atoms with Crippen molar-refractivity contribution < 1.29 is 9.32 Å². The molecule has 24 heavy (non-hydrogen) atoms. The van der Waals surface area contributed by atoms with E-state index in [2.05, 4.69) is 14.7 Å². The molecule has 4 rings (SSSR count). The first kappa shape index (κ1) is 14.9. The smallest absolute Gasteiger partial charge is 0.228 e. The molecule has 3 heterocycles. The number of carbonyl (C=O) groups excluding carboxylic acids is 1. The Kier molecular flexibility index (Phi) is 3.80. The molecule has 1 amide bonds. The average molecular weight is 324 g/mol. The summed E-state index contributed by atoms with van der Waals surface area (Å²) in [7, 11) is 0. The number of imidazole rings is 1. The summed E-state index contributed by atoms with van der Waals surface area (Å²) in [5.41, 5.74) is 1.45. The molecule has 6 nitrogen and oxygen atoms in total. The number of hydrogen-bond donors (Lipinski definition) is 0. The lowest BCUT2D eigenvalue weighted by Crippen LogP contribution is -2.41. The van der Waals surface area contributed by atoms with Crippen molar-refractivity contribution in [2.45, 2.75) is 32.2 Å². The Labute approximate surface area is 140 Å². The summed E-state index contributed by atoms with van der Waals surface area (Å²) >= 11 is 0. The SMILES string of the molecule is Cc1nccn1[C@@H]1CCCN(C(=O)Cc2noc3ccccc23)C1. The minimum atomic E-state index is 0.108. The summed E-state index contributed by atoms with van der Waals surface area (Å²) in [6.45, 7) is 3.53. The highest BCUT2D eigenvalue weighted by Gasteiger charge is 2.26. The first-order chi connectivity index (χ1) is 11.7. The molecule has 3 aromatic rings. The second-order valence-electron chi connectivity index (χ2n) is 6.32. The summed E-state index contributed by atoms with van der Waals surface area (Å²) in [6.07, 6.45) is 6.19. The number of nitrogens with zero attached hydrogens (tertiary/aromatic N) is 4. The van der Waals surface area contributed by atoms with Gasteiger partial charge in [0.1, 0.15) is 11.5 Å². The van der Waals surface area contributed by atoms with Gasteiger partial charge < -0.3 is 14.0 Å². The molecule has 124 valence electrons. The zero-order chi connectivity index (χ0) is 16.5. The average Bonchev–Trinajstić information content (AvgIpc) is 3.22. The standard InChI is InChI=1S/C18H20N4O2/c1-13-19-8-10-22(13)14-5-4-9-21(12-14)18(23)11-16-15-6-2-3-7-17(15)24-20-16/h2-3,6-8,10,14H,4-5,9,11-12H2,1H3/t14-/m1/s1. The molecule has 0 spiro atoms. The van der Waals surface area contributed by atoms with E-state index in [1.807, 2.05) is 48.5 Å². The topological polar surface area (TPSA) is 64.2 Å². The summed E-state index contributed by atoms with van der Waals surface area (Å²) in [4.78, 5) is 19.0. The predicted octanol–water partition coefficient (Wildman–Crippen LogP) is 2.74. The molecule has 0 saturated carbocycles. The second kappa shape index (κ2) is 6.11. The van der Waals surface area contributed by atoms with Crippen LogP contribution in [0, 0.1) is 6.92 Å². The number of para-hydroxylation sites is 1. The van der Waals surface area contributed by atoms with Crippen LogP contribution in [0.3, 0.4) is 0 Å². The fourth-order valence-corrected chi connectivity index (χ4v) is 3.50. The van der Waals surface area contributed by atoms with E-state index in [0.717, 1.165) is 48.4 Å². The Morgan fingerprint density at radius 1 is 1.38 bits per heavy atom. The van der Waals surface area contributed by atoms with E-state index in [9.17, 15) is 4.79 Å². The molecule has 1 atom stereocenters. The largest absolute Gasteiger partial charge is 0.356 e. The molecule has 0 unspecified atom stereocenters. The number of hydrogen-bond acceptors (Lipinski definition) is 4. The minimum Gasteiger partial charge on any atom is -0.356 e. The van der Waals surface area contributed by atoms with Crippen LogP contribution in [0.4, 0.5) is 0 Å². The Morgan fingerprint density at radius 2 is 2.25 bits per heavy atom. The van der Waals surface area contributed by atoms with Crippen LogP contribution in [0.2, 0.25) is 0 Å². The fraction of sp³-hybridized carbons (Fsp3) is 0.389. The van der Waals surface area contributed by atoms with E-state index in [0.29, 0.717) is 6.04 Å². The van der Waals surface area contributed by atoms with Crippen molar-refractivity contribution in [3.8, 4) is 0 Å². The first-order valence-corrected chi connectivity index (χ1v) is 8.33. The Morgan fingerprint density at radius 3 is 3.08 bits per heavy atom. The summed E-state index contributed by atoms with van der Waals surface area (Å²) in [6, 6.07) is 7.96. The van der Waals surface area contributed by atoms with Crippen molar-refractivity contribution in [1.29, 1.82) is 0 Å². The van der Waals surface area contributed by atoms with E-state index >= 15 is 0 Å². The van der Waals surface area contributed by atoms with Gasteiger partial charge in [0.25, 0.3) is 0 Å². The first-order valence-electron chi connectivity index (χ1n) is 8.33. The maximum Gasteiger partial charge on any atom is 0.228 e. The van der Waals surface area contributed by atoms with Crippen LogP contribution in [0.5, 0.6) is 0 Å². The van der Waals surface area contributed by atoms with E-state index < -0.39 is 0 Å². The molecule has 0 radical (unpaired) electrons. The number of likely N-dealkylation sites (tertiary alicyclic amines) is 1. The Balaban J connectivity index is 1.49. The third-order valence-electron chi connectivity index (χ3n) is 4.78. The van der Waals surface area contributed by atoms with Gasteiger partial charge in [-0.3, -0.25) is 4.79 Å². The van der Waals surface area contributed by atoms with Gasteiger partial charge in [0, 0.05) is 30.9 Å². The molecular weight excluding hydrogens is 304 g/mol. The van der Waals surface area contributed by atoms with Crippen molar-refractivity contribution in [2.75, 3.05) is 13.1 Å². The van der Waals surface area contributed by atoms with E-state index in [1.165, 1.54) is 0 Å². The van der Waals surface area contributed by atoms with Crippen molar-refractivity contribution in [1.82, 2.24) is 19.6 Å². The highest BCUT2D eigenvalue weighted by atomic mass is 16.5. The van der Waals surface area contributed by atoms with Gasteiger partial charge in [-0.25, -0.2) is 4.98 Å². The van der Waals surface area contributed by atoms with Gasteiger partial charge >= 0.3 is 0 Å². The maximum absolute atomic E-state index is 12.7. The van der Waals surface area contributed by atoms with Gasteiger partial charge in [0.05, 0.1) is 12.5 Å². The van der Waals surface area contributed by atoms with Crippen molar-refractivity contribution in [2.24, 2.45) is 0 Å². The highest BCUT2D eigenvalue weighted by molar-refractivity contribution is 5.86. The van der Waals surface area contributed by atoms with Crippen LogP contribution in [-0.2, 0) is 11.2 Å². The Bertz CT molecular complexity index is 867. The maximum atomic E-state index is 12.7. The lowest BCUT2D eigenvalue weighted by Gasteiger charge is -2.33. The van der Waals surface area contributed by atoms with Crippen LogP contribution in [0.25, 0.3) is 11.0 Å². The molecule has 1 aliphatic heterocycles. The number of piperidine rings is 1. The highest BCUT2D eigenvalue weighted by Crippen LogP contribution is 2.24. The zero-order valence-corrected chi connectivity index (χ0v) is 13.7. The number of aromatic nitrogens is 3. The van der Waals surface area contributed by atoms with Gasteiger partial charge in [0.2, 0.25) is 5.91 Å². The Hall–Kier alpha value is -2.63. The van der Waals surface area contributed by atoms with Gasteiger partial charge in [-0.2, -0.15) is 0 Å². The number of benzene rings is 1. The van der Waals surface area contributed by atoms with Gasteiger partial charge in [0.15, 0.2) is 5.58 Å². The van der Waals surface area contributed by atoms with Crippen molar-refractivity contribution in [3.05, 3.63) is 48.2 Å². The molecule has 2 aromatic heterocycles. The molecular formula is C18H20N4O2. The predicted molar refractivity (Wildman–Crippen MR) is 89.5 cm³/mol. The van der Waals surface area contributed by atoms with Crippen LogP contribution in [-0.4, -0.2) is 38.6 Å².